The number of pyridine rings is 2. The lowest BCUT2D eigenvalue weighted by Gasteiger charge is -2.18. The zero-order chi connectivity index (χ0) is 27.7. The molecular formula is C28H28N4O6S. The molecule has 39 heavy (non-hydrogen) atoms. The minimum atomic E-state index is -4.00. The van der Waals surface area contributed by atoms with E-state index in [9.17, 15) is 13.2 Å². The van der Waals surface area contributed by atoms with Gasteiger partial charge in [-0.2, -0.15) is 13.5 Å². The fourth-order valence-electron chi connectivity index (χ4n) is 4.95. The minimum absolute atomic E-state index is 0.0741. The van der Waals surface area contributed by atoms with E-state index in [2.05, 4.69) is 10.1 Å². The third-order valence-corrected chi connectivity index (χ3v) is 7.63. The molecule has 0 spiro atoms. The quantitative estimate of drug-likeness (QED) is 0.330. The molecule has 1 fully saturated rings. The van der Waals surface area contributed by atoms with Crippen LogP contribution in [0.5, 0.6) is 5.88 Å². The maximum Gasteiger partial charge on any atom is 0.294 e. The minimum Gasteiger partial charge on any atom is -0.481 e. The van der Waals surface area contributed by atoms with Crippen LogP contribution in [-0.4, -0.2) is 52.6 Å². The summed E-state index contributed by atoms with van der Waals surface area (Å²) in [5.74, 6) is 0.514. The van der Waals surface area contributed by atoms with E-state index in [0.717, 1.165) is 46.3 Å². The molecule has 0 aliphatic carbocycles. The van der Waals surface area contributed by atoms with Crippen molar-refractivity contribution in [2.45, 2.75) is 31.2 Å². The first-order valence-corrected chi connectivity index (χ1v) is 13.8. The second-order valence-corrected chi connectivity index (χ2v) is 10.7. The number of aryl methyl sites for hydroxylation is 1. The predicted molar refractivity (Wildman–Crippen MR) is 147 cm³/mol. The Morgan fingerprint density at radius 1 is 1.03 bits per heavy atom. The van der Waals surface area contributed by atoms with Crippen molar-refractivity contribution in [3.8, 4) is 11.6 Å². The van der Waals surface area contributed by atoms with E-state index < -0.39 is 10.1 Å². The van der Waals surface area contributed by atoms with E-state index in [0.29, 0.717) is 17.9 Å². The molecule has 11 heteroatoms. The normalized spacial score (nSPS) is 15.3. The fourth-order valence-corrected chi connectivity index (χ4v) is 5.45. The lowest BCUT2D eigenvalue weighted by atomic mass is 10.1. The number of aromatic nitrogens is 4. The van der Waals surface area contributed by atoms with Gasteiger partial charge in [-0.1, -0.05) is 36.4 Å². The Labute approximate surface area is 225 Å². The van der Waals surface area contributed by atoms with Gasteiger partial charge in [0, 0.05) is 23.8 Å². The van der Waals surface area contributed by atoms with Crippen LogP contribution < -0.4 is 10.3 Å². The molecule has 6 rings (SSSR count). The maximum atomic E-state index is 13.7. The van der Waals surface area contributed by atoms with E-state index >= 15 is 0 Å². The molecule has 1 saturated heterocycles. The zero-order valence-electron chi connectivity index (χ0n) is 21.7. The molecule has 0 saturated carbocycles. The first-order chi connectivity index (χ1) is 18.7. The van der Waals surface area contributed by atoms with Crippen molar-refractivity contribution >= 4 is 31.9 Å². The molecule has 2 aromatic carbocycles. The van der Waals surface area contributed by atoms with Crippen LogP contribution in [0.4, 0.5) is 0 Å². The number of methoxy groups -OCH3 is 1. The highest BCUT2D eigenvalue weighted by molar-refractivity contribution is 7.85. The van der Waals surface area contributed by atoms with Gasteiger partial charge in [0.05, 0.1) is 53.0 Å². The van der Waals surface area contributed by atoms with Gasteiger partial charge in [0.25, 0.3) is 15.7 Å². The van der Waals surface area contributed by atoms with Crippen LogP contribution >= 0.6 is 0 Å². The van der Waals surface area contributed by atoms with Gasteiger partial charge in [0.2, 0.25) is 5.88 Å². The number of benzene rings is 2. The molecule has 1 aliphatic heterocycles. The second-order valence-electron chi connectivity index (χ2n) is 9.24. The number of para-hydroxylation sites is 1. The summed E-state index contributed by atoms with van der Waals surface area (Å²) in [5.41, 5.74) is 4.15. The Kier molecular flexibility index (Phi) is 7.21. The Balaban J connectivity index is 0.000000261. The molecule has 10 nitrogen and oxygen atoms in total. The Morgan fingerprint density at radius 2 is 1.74 bits per heavy atom. The third kappa shape index (κ3) is 4.91. The van der Waals surface area contributed by atoms with Crippen molar-refractivity contribution in [3.63, 3.8) is 0 Å². The predicted octanol–water partition coefficient (Wildman–Crippen LogP) is 4.26. The number of nitrogens with zero attached hydrogens (tertiary/aromatic N) is 4. The lowest BCUT2D eigenvalue weighted by Crippen LogP contribution is -2.22. The highest BCUT2D eigenvalue weighted by Gasteiger charge is 2.25. The van der Waals surface area contributed by atoms with Crippen LogP contribution in [0.25, 0.3) is 27.5 Å². The molecule has 1 atom stereocenters. The van der Waals surface area contributed by atoms with Crippen LogP contribution in [-0.2, 0) is 14.9 Å². The molecule has 0 bridgehead atoms. The zero-order valence-corrected chi connectivity index (χ0v) is 22.6. The highest BCUT2D eigenvalue weighted by atomic mass is 32.2. The monoisotopic (exact) mass is 548 g/mol. The van der Waals surface area contributed by atoms with E-state index in [1.54, 1.807) is 42.3 Å². The first-order valence-electron chi connectivity index (χ1n) is 12.3. The third-order valence-electron chi connectivity index (χ3n) is 6.76. The van der Waals surface area contributed by atoms with E-state index in [1.165, 1.54) is 12.1 Å². The average molecular weight is 549 g/mol. The van der Waals surface area contributed by atoms with E-state index in [-0.39, 0.29) is 16.5 Å². The van der Waals surface area contributed by atoms with Crippen LogP contribution in [0.1, 0.15) is 23.6 Å². The summed E-state index contributed by atoms with van der Waals surface area (Å²) in [5, 5.41) is 6.18. The standard InChI is InChI=1S/C22H22N4O3.C6H6O3S/c1-13-10-23-21(28-3)14(2)19(13)25-18-7-5-4-6-16(18)20-17(22(25)27)11-24-26(20)15-8-9-29-12-15;7-10(8,9)6-4-2-1-3-5-6/h4-7,10-11,15H,8-9,12H2,1-3H3;1-5H,(H,7,8,9)/t15-;/m0./s1. The van der Waals surface area contributed by atoms with Crippen LogP contribution in [0.15, 0.2) is 76.7 Å². The Hall–Kier alpha value is -4.06. The van der Waals surface area contributed by atoms with Crippen LogP contribution in [0, 0.1) is 13.8 Å². The van der Waals surface area contributed by atoms with Gasteiger partial charge < -0.3 is 9.47 Å². The number of ether oxygens (including phenoxy) is 2. The molecular weight excluding hydrogens is 520 g/mol. The smallest absolute Gasteiger partial charge is 0.294 e. The topological polar surface area (TPSA) is 126 Å². The second kappa shape index (κ2) is 10.6. The van der Waals surface area contributed by atoms with Gasteiger partial charge in [0.1, 0.15) is 0 Å². The SMILES string of the molecule is COc1ncc(C)c(-n2c(=O)c3cnn([C@H]4CCOC4)c3c3ccccc32)c1C.O=S(=O)(O)c1ccccc1. The van der Waals surface area contributed by atoms with Crippen LogP contribution in [0.2, 0.25) is 0 Å². The van der Waals surface area contributed by atoms with Gasteiger partial charge in [-0.25, -0.2) is 4.98 Å². The van der Waals surface area contributed by atoms with Gasteiger partial charge in [-0.15, -0.1) is 0 Å². The van der Waals surface area contributed by atoms with Crippen molar-refractivity contribution in [2.75, 3.05) is 20.3 Å². The largest absolute Gasteiger partial charge is 0.481 e. The summed E-state index contributed by atoms with van der Waals surface area (Å²) < 4.78 is 43.9. The Bertz CT molecular complexity index is 1820. The average Bonchev–Trinajstić information content (AvgIpc) is 3.62. The lowest BCUT2D eigenvalue weighted by molar-refractivity contribution is 0.185. The summed E-state index contributed by atoms with van der Waals surface area (Å²) >= 11 is 0. The van der Waals surface area contributed by atoms with Crippen molar-refractivity contribution in [3.05, 3.63) is 88.5 Å². The molecule has 5 aromatic rings. The van der Waals surface area contributed by atoms with Gasteiger partial charge in [-0.05, 0) is 44.0 Å². The summed E-state index contributed by atoms with van der Waals surface area (Å²) in [7, 11) is -2.41. The van der Waals surface area contributed by atoms with Crippen molar-refractivity contribution in [1.29, 1.82) is 0 Å². The first kappa shape index (κ1) is 26.5. The molecule has 0 unspecified atom stereocenters. The molecule has 1 aliphatic rings. The molecule has 202 valence electrons. The van der Waals surface area contributed by atoms with Crippen molar-refractivity contribution in [1.82, 2.24) is 19.3 Å². The molecule has 3 aromatic heterocycles. The number of fused-ring (bicyclic) bond motifs is 3. The van der Waals surface area contributed by atoms with Gasteiger partial charge in [-0.3, -0.25) is 18.6 Å². The molecule has 0 radical (unpaired) electrons. The Morgan fingerprint density at radius 3 is 2.38 bits per heavy atom. The number of hydrogen-bond donors (Lipinski definition) is 1. The van der Waals surface area contributed by atoms with Gasteiger partial charge >= 0.3 is 0 Å². The number of hydrogen-bond acceptors (Lipinski definition) is 7. The summed E-state index contributed by atoms with van der Waals surface area (Å²) in [6, 6.07) is 15.5. The summed E-state index contributed by atoms with van der Waals surface area (Å²) in [6.45, 7) is 5.22. The maximum absolute atomic E-state index is 13.7. The van der Waals surface area contributed by atoms with Gasteiger partial charge in [0.15, 0.2) is 0 Å². The molecule has 1 N–H and O–H groups in total. The molecule has 4 heterocycles. The summed E-state index contributed by atoms with van der Waals surface area (Å²) in [4.78, 5) is 18.0. The van der Waals surface area contributed by atoms with Crippen LogP contribution in [0.3, 0.4) is 0 Å². The highest BCUT2D eigenvalue weighted by Crippen LogP contribution is 2.32. The molecule has 0 amide bonds. The van der Waals surface area contributed by atoms with E-state index in [1.807, 2.05) is 42.8 Å². The van der Waals surface area contributed by atoms with Crippen molar-refractivity contribution < 1.29 is 22.4 Å². The fraction of sp³-hybridized carbons (Fsp3) is 0.250. The summed E-state index contributed by atoms with van der Waals surface area (Å²) in [6.07, 6.45) is 4.32. The van der Waals surface area contributed by atoms with E-state index in [4.69, 9.17) is 14.0 Å². The van der Waals surface area contributed by atoms with Crippen molar-refractivity contribution in [2.24, 2.45) is 0 Å². The number of rotatable bonds is 4.